The third-order valence-electron chi connectivity index (χ3n) is 22.6. The van der Waals surface area contributed by atoms with Gasteiger partial charge in [0, 0.05) is 110 Å². The number of fused-ring (bicyclic) bond motifs is 20. The summed E-state index contributed by atoms with van der Waals surface area (Å²) in [4.78, 5) is 0. The minimum absolute atomic E-state index is 0. The van der Waals surface area contributed by atoms with Crippen LogP contribution in [0, 0.1) is 24.3 Å². The van der Waals surface area contributed by atoms with Gasteiger partial charge >= 0.3 is 0 Å². The largest absolute Gasteiger partial charge is 0.257 e. The molecule has 0 N–H and O–H groups in total. The number of nitrogens with zero attached hydrogens (tertiary/aromatic N) is 8. The summed E-state index contributed by atoms with van der Waals surface area (Å²) in [6.45, 7) is 48.1. The van der Waals surface area contributed by atoms with Gasteiger partial charge in [0.2, 0.25) is 0 Å². The Morgan fingerprint density at radius 1 is 0.269 bits per heavy atom. The second kappa shape index (κ2) is 33.8. The minimum Gasteiger partial charge on any atom is -0.257 e. The van der Waals surface area contributed by atoms with Crippen LogP contribution in [0.4, 0.5) is 0 Å². The van der Waals surface area contributed by atoms with E-state index >= 15 is 0 Å². The molecule has 13 heteroatoms. The monoisotopic (exact) mass is 2290 g/mol. The van der Waals surface area contributed by atoms with E-state index in [0.717, 1.165) is 65.9 Å². The number of aromatic nitrogens is 8. The van der Waals surface area contributed by atoms with E-state index in [1.165, 1.54) is 122 Å². The maximum Gasteiger partial charge on any atom is 0.0933 e. The SMILES string of the molecule is CC(C)(C)c1c[c-]c2c(c1)c(C(C)(C)C)cc1c3cc(C(C)(C)C)ccc3nn21.CC(C)(C)c1c[c-]c2c(c1)c(C(C)(C)C)cc1c3ccccc3nn21.CC(C)(C)c1c[c-]c2c(c1)c(C[Si](C)(C)C)cc1c3ccccc3nn21.[Ir].[Ir].[Ir].[Ir].[c-]1cccc2c(-c3cc(-c4ccccc4)cc(-c4ccccc4)c3)cc3c4ccccc4nn3c12. The first-order valence-electron chi connectivity index (χ1n) is 40.7. The fraction of sp³-hybridized carbons (Fsp3) is 0.264. The summed E-state index contributed by atoms with van der Waals surface area (Å²) in [7, 11) is -1.26. The van der Waals surface area contributed by atoms with E-state index < -0.39 is 8.07 Å². The van der Waals surface area contributed by atoms with Gasteiger partial charge in [-0.1, -0.05) is 304 Å². The molecule has 8 nitrogen and oxygen atoms in total. The van der Waals surface area contributed by atoms with Crippen LogP contribution in [0.3, 0.4) is 0 Å². The molecule has 0 saturated carbocycles. The van der Waals surface area contributed by atoms with E-state index in [9.17, 15) is 0 Å². The second-order valence-electron chi connectivity index (χ2n) is 39.0. The zero-order chi connectivity index (χ0) is 81.2. The Kier molecular flexibility index (Phi) is 25.4. The molecular formula is C106H106Ir4N8Si-4. The standard InChI is InChI=1S/C33H21N2.C27H33N2.C23H27N2Si.C23H25N2.4Ir/c1-3-11-23(12-4-1)25-19-26(24-13-5-2-6-14-24)21-27(20-25)30-22-33-29-16-7-9-17-31(29)34-35(33)32-18-10-8-15-28(30)32;1-25(2,3)17-10-12-22-20(15-17)24-16-21(27(7,8)9)19-14-18(26(4,5)6)11-13-23(19)29(24)28-22;1-23(2,3)17-11-12-21-19(14-17)16(15-26(4,5)6)13-22-18-9-7-8-10-20(18)24-25(21)22;1-22(2,3)15-11-12-20-17(13-15)18(23(4,5)6)14-21-16-9-7-8-10-19(16)24-25(20)21;;;;/h1-17,19-22H;10-12,14-16H,1-9H3;7-11,13-14H,15H2,1-6H3;7-11,13-14H,1-6H3;;;;/q4*-1;;;;. The molecule has 0 aliphatic carbocycles. The Bertz CT molecular complexity index is 6920. The smallest absolute Gasteiger partial charge is 0.0933 e. The van der Waals surface area contributed by atoms with Gasteiger partial charge < -0.3 is 0 Å². The van der Waals surface area contributed by atoms with Crippen molar-refractivity contribution in [1.82, 2.24) is 38.5 Å². The summed E-state index contributed by atoms with van der Waals surface area (Å²) in [5.41, 5.74) is 30.1. The topological polar surface area (TPSA) is 69.2 Å². The summed E-state index contributed by atoms with van der Waals surface area (Å²) in [6, 6.07) is 104. The van der Waals surface area contributed by atoms with Crippen LogP contribution in [-0.4, -0.2) is 46.5 Å². The van der Waals surface area contributed by atoms with Gasteiger partial charge in [0.15, 0.2) is 0 Å². The van der Waals surface area contributed by atoms with Gasteiger partial charge in [0.05, 0.1) is 44.1 Å². The first-order chi connectivity index (χ1) is 54.4. The maximum absolute atomic E-state index is 4.97. The zero-order valence-electron chi connectivity index (χ0n) is 72.3. The molecule has 11 aromatic carbocycles. The number of para-hydroxylation sites is 1. The van der Waals surface area contributed by atoms with Gasteiger partial charge in [0.1, 0.15) is 0 Å². The van der Waals surface area contributed by atoms with Crippen LogP contribution in [0.5, 0.6) is 0 Å². The van der Waals surface area contributed by atoms with Crippen molar-refractivity contribution < 1.29 is 80.4 Å². The fourth-order valence-electron chi connectivity index (χ4n) is 16.2. The number of pyridine rings is 4. The quantitative estimate of drug-likeness (QED) is 0.127. The van der Waals surface area contributed by atoms with Crippen molar-refractivity contribution in [2.45, 2.75) is 183 Å². The van der Waals surface area contributed by atoms with E-state index in [4.69, 9.17) is 20.4 Å². The van der Waals surface area contributed by atoms with Crippen LogP contribution in [-0.2, 0) is 119 Å². The third-order valence-corrected chi connectivity index (χ3v) is 24.1. The number of hydrogen-bond donors (Lipinski definition) is 0. The van der Waals surface area contributed by atoms with Crippen molar-refractivity contribution in [2.75, 3.05) is 0 Å². The molecule has 0 aliphatic heterocycles. The Morgan fingerprint density at radius 3 is 1.00 bits per heavy atom. The molecule has 0 saturated heterocycles. The Hall–Kier alpha value is -8.93. The molecule has 0 amide bonds. The summed E-state index contributed by atoms with van der Waals surface area (Å²) >= 11 is 0. The van der Waals surface area contributed by atoms with Gasteiger partial charge in [-0.2, -0.15) is 99.3 Å². The Balaban J connectivity index is 0.000000145. The summed E-state index contributed by atoms with van der Waals surface area (Å²) in [5, 5.41) is 29.3. The average molecular weight is 2290 g/mol. The van der Waals surface area contributed by atoms with Crippen LogP contribution in [0.25, 0.3) is 143 Å². The number of benzene rings is 11. The summed E-state index contributed by atoms with van der Waals surface area (Å²) in [5.74, 6) is 0. The number of hydrogen-bond acceptors (Lipinski definition) is 4. The summed E-state index contributed by atoms with van der Waals surface area (Å²) < 4.78 is 8.26. The second-order valence-corrected chi connectivity index (χ2v) is 44.4. The zero-order valence-corrected chi connectivity index (χ0v) is 82.9. The maximum atomic E-state index is 4.97. The van der Waals surface area contributed by atoms with Gasteiger partial charge in [-0.05, 0) is 151 Å². The first-order valence-corrected chi connectivity index (χ1v) is 44.4. The molecule has 0 fully saturated rings. The molecule has 0 unspecified atom stereocenters. The van der Waals surface area contributed by atoms with Gasteiger partial charge in [-0.3, -0.25) is 18.1 Å². The molecule has 8 aromatic heterocycles. The van der Waals surface area contributed by atoms with E-state index in [1.807, 2.05) is 22.7 Å². The fourth-order valence-corrected chi connectivity index (χ4v) is 17.6. The van der Waals surface area contributed by atoms with Crippen molar-refractivity contribution in [3.05, 3.63) is 312 Å². The van der Waals surface area contributed by atoms with Gasteiger partial charge in [0.25, 0.3) is 0 Å². The van der Waals surface area contributed by atoms with Crippen molar-refractivity contribution in [3.63, 3.8) is 0 Å². The molecule has 0 atom stereocenters. The van der Waals surface area contributed by atoms with Crippen molar-refractivity contribution in [3.8, 4) is 33.4 Å². The normalized spacial score (nSPS) is 12.3. The van der Waals surface area contributed by atoms with E-state index in [-0.39, 0.29) is 113 Å². The molecule has 614 valence electrons. The van der Waals surface area contributed by atoms with E-state index in [2.05, 4.69) is 413 Å². The van der Waals surface area contributed by atoms with Crippen LogP contribution in [0.2, 0.25) is 19.6 Å². The van der Waals surface area contributed by atoms with Crippen LogP contribution < -0.4 is 0 Å². The Labute approximate surface area is 757 Å². The van der Waals surface area contributed by atoms with E-state index in [1.54, 1.807) is 0 Å². The van der Waals surface area contributed by atoms with Gasteiger partial charge in [-0.15, -0.1) is 38.2 Å². The Morgan fingerprint density at radius 2 is 0.597 bits per heavy atom. The van der Waals surface area contributed by atoms with Crippen molar-refractivity contribution in [2.24, 2.45) is 0 Å². The van der Waals surface area contributed by atoms with Crippen molar-refractivity contribution in [1.29, 1.82) is 0 Å². The molecule has 8 heterocycles. The van der Waals surface area contributed by atoms with Crippen LogP contribution in [0.15, 0.2) is 249 Å². The van der Waals surface area contributed by atoms with E-state index in [0.29, 0.717) is 0 Å². The predicted octanol–water partition coefficient (Wildman–Crippen LogP) is 28.0. The molecule has 0 aliphatic rings. The molecule has 4 radical (unpaired) electrons. The van der Waals surface area contributed by atoms with Crippen molar-refractivity contribution >= 4 is 117 Å². The van der Waals surface area contributed by atoms with Gasteiger partial charge in [-0.25, -0.2) is 0 Å². The average Bonchev–Trinajstić information content (AvgIpc) is 1.46. The predicted molar refractivity (Wildman–Crippen MR) is 492 cm³/mol. The first kappa shape index (κ1) is 89.3. The summed E-state index contributed by atoms with van der Waals surface area (Å²) in [6.07, 6.45) is 0. The molecule has 119 heavy (non-hydrogen) atoms. The minimum atomic E-state index is -1.26. The molecule has 0 spiro atoms. The number of rotatable bonds is 5. The molecule has 19 aromatic rings. The molecular weight excluding hydrogens is 2180 g/mol. The van der Waals surface area contributed by atoms with Crippen LogP contribution >= 0.6 is 0 Å². The third kappa shape index (κ3) is 17.9. The molecule has 19 rings (SSSR count). The molecule has 0 bridgehead atoms. The van der Waals surface area contributed by atoms with Crippen LogP contribution in [0.1, 0.15) is 164 Å².